The van der Waals surface area contributed by atoms with E-state index in [1.54, 1.807) is 25.1 Å². The Bertz CT molecular complexity index is 1670. The fourth-order valence-electron chi connectivity index (χ4n) is 5.06. The molecule has 0 aliphatic rings. The van der Waals surface area contributed by atoms with Crippen molar-refractivity contribution < 1.29 is 19.9 Å². The highest BCUT2D eigenvalue weighted by molar-refractivity contribution is 5.99. The van der Waals surface area contributed by atoms with Crippen LogP contribution >= 0.6 is 0 Å². The normalized spacial score (nSPS) is 11.9. The van der Waals surface area contributed by atoms with Gasteiger partial charge in [0.25, 0.3) is 5.91 Å². The van der Waals surface area contributed by atoms with Gasteiger partial charge in [0.15, 0.2) is 0 Å². The molecular formula is C33H30N2O4. The third-order valence-corrected chi connectivity index (χ3v) is 7.51. The second-order valence-electron chi connectivity index (χ2n) is 9.81. The largest absolute Gasteiger partial charge is 0.478 e. The van der Waals surface area contributed by atoms with Crippen LogP contribution < -0.4 is 0 Å². The number of hydrogen-bond donors (Lipinski definition) is 2. The maximum Gasteiger partial charge on any atom is 0.336 e. The number of hydrogen-bond acceptors (Lipinski definition) is 3. The van der Waals surface area contributed by atoms with E-state index in [0.29, 0.717) is 17.7 Å². The number of amides is 1. The minimum absolute atomic E-state index is 0.276. The first-order valence-corrected chi connectivity index (χ1v) is 12.8. The molecule has 0 bridgehead atoms. The van der Waals surface area contributed by atoms with Crippen LogP contribution in [0.4, 0.5) is 0 Å². The summed E-state index contributed by atoms with van der Waals surface area (Å²) in [7, 11) is 0. The number of fused-ring (bicyclic) bond motifs is 1. The van der Waals surface area contributed by atoms with Gasteiger partial charge in [-0.1, -0.05) is 72.8 Å². The monoisotopic (exact) mass is 518 g/mol. The van der Waals surface area contributed by atoms with Crippen LogP contribution in [0.25, 0.3) is 22.0 Å². The van der Waals surface area contributed by atoms with Crippen molar-refractivity contribution in [3.63, 3.8) is 0 Å². The van der Waals surface area contributed by atoms with E-state index in [4.69, 9.17) is 0 Å². The van der Waals surface area contributed by atoms with Gasteiger partial charge in [-0.3, -0.25) is 10.0 Å². The molecule has 5 aromatic rings. The number of aromatic nitrogens is 1. The summed E-state index contributed by atoms with van der Waals surface area (Å²) in [6, 6.07) is 29.4. The molecule has 1 atom stereocenters. The molecule has 6 nitrogen and oxygen atoms in total. The van der Waals surface area contributed by atoms with Gasteiger partial charge in [0.05, 0.1) is 11.6 Å². The third kappa shape index (κ3) is 4.94. The summed E-state index contributed by atoms with van der Waals surface area (Å²) in [4.78, 5) is 24.8. The van der Waals surface area contributed by atoms with E-state index in [0.717, 1.165) is 43.9 Å². The SMILES string of the molecule is Cc1c(C)n(Cc2ccc(-c3ccccc3C(=O)O)cc2)c2ccc(C(=O)N(O)C(C)c3ccccc3)cc12. The smallest absolute Gasteiger partial charge is 0.336 e. The van der Waals surface area contributed by atoms with Gasteiger partial charge in [-0.15, -0.1) is 0 Å². The van der Waals surface area contributed by atoms with E-state index >= 15 is 0 Å². The lowest BCUT2D eigenvalue weighted by Crippen LogP contribution is -2.30. The zero-order valence-corrected chi connectivity index (χ0v) is 22.1. The van der Waals surface area contributed by atoms with Gasteiger partial charge in [0.2, 0.25) is 0 Å². The summed E-state index contributed by atoms with van der Waals surface area (Å²) in [5.74, 6) is -1.40. The zero-order valence-electron chi connectivity index (χ0n) is 22.1. The maximum atomic E-state index is 13.1. The van der Waals surface area contributed by atoms with Gasteiger partial charge in [-0.25, -0.2) is 9.86 Å². The molecule has 39 heavy (non-hydrogen) atoms. The molecule has 1 amide bonds. The lowest BCUT2D eigenvalue weighted by atomic mass is 9.99. The van der Waals surface area contributed by atoms with Gasteiger partial charge in [-0.2, -0.15) is 0 Å². The molecule has 1 aromatic heterocycles. The van der Waals surface area contributed by atoms with Crippen LogP contribution in [-0.2, 0) is 6.54 Å². The summed E-state index contributed by atoms with van der Waals surface area (Å²) in [5, 5.41) is 22.0. The van der Waals surface area contributed by atoms with Crippen LogP contribution in [0.1, 0.15) is 56.1 Å². The number of carbonyl (C=O) groups is 2. The Morgan fingerprint density at radius 1 is 0.872 bits per heavy atom. The number of benzene rings is 4. The van der Waals surface area contributed by atoms with Crippen molar-refractivity contribution in [2.24, 2.45) is 0 Å². The van der Waals surface area contributed by atoms with Gasteiger partial charge < -0.3 is 9.67 Å². The van der Waals surface area contributed by atoms with E-state index in [2.05, 4.69) is 11.5 Å². The molecule has 2 N–H and O–H groups in total. The predicted molar refractivity (Wildman–Crippen MR) is 152 cm³/mol. The zero-order chi connectivity index (χ0) is 27.7. The summed E-state index contributed by atoms with van der Waals surface area (Å²) in [6.07, 6.45) is 0. The molecule has 196 valence electrons. The van der Waals surface area contributed by atoms with E-state index in [9.17, 15) is 19.9 Å². The van der Waals surface area contributed by atoms with Crippen LogP contribution in [0, 0.1) is 13.8 Å². The second kappa shape index (κ2) is 10.6. The number of rotatable bonds is 7. The first kappa shape index (κ1) is 25.9. The lowest BCUT2D eigenvalue weighted by Gasteiger charge is -2.23. The summed E-state index contributed by atoms with van der Waals surface area (Å²) < 4.78 is 2.21. The minimum Gasteiger partial charge on any atom is -0.478 e. The quantitative estimate of drug-likeness (QED) is 0.175. The number of nitrogens with zero attached hydrogens (tertiary/aromatic N) is 2. The standard InChI is InChI=1S/C33H30N2O4/c1-21-22(2)34(20-24-13-15-26(16-14-24)28-11-7-8-12-29(28)33(37)38)31-18-17-27(19-30(21)31)32(36)35(39)23(3)25-9-5-4-6-10-25/h4-19,23,39H,20H2,1-3H3,(H,37,38). The molecule has 0 aliphatic heterocycles. The molecule has 0 saturated heterocycles. The molecule has 0 radical (unpaired) electrons. The molecule has 0 saturated carbocycles. The van der Waals surface area contributed by atoms with E-state index in [1.165, 1.54) is 0 Å². The summed E-state index contributed by atoms with van der Waals surface area (Å²) >= 11 is 0. The Balaban J connectivity index is 1.41. The Kier molecular flexibility index (Phi) is 7.05. The predicted octanol–water partition coefficient (Wildman–Crippen LogP) is 7.26. The Labute approximate surface area is 227 Å². The lowest BCUT2D eigenvalue weighted by molar-refractivity contribution is -0.0854. The molecule has 6 heteroatoms. The second-order valence-corrected chi connectivity index (χ2v) is 9.81. The molecular weight excluding hydrogens is 488 g/mol. The average molecular weight is 519 g/mol. The number of carbonyl (C=O) groups excluding carboxylic acids is 1. The van der Waals surface area contributed by atoms with Gasteiger partial charge in [-0.05, 0) is 72.9 Å². The number of aryl methyl sites for hydroxylation is 1. The molecule has 4 aromatic carbocycles. The minimum atomic E-state index is -0.948. The molecule has 0 aliphatic carbocycles. The summed E-state index contributed by atoms with van der Waals surface area (Å²) in [6.45, 7) is 6.52. The van der Waals surface area contributed by atoms with Crippen LogP contribution in [0.2, 0.25) is 0 Å². The molecule has 0 fully saturated rings. The van der Waals surface area contributed by atoms with Gasteiger partial charge in [0, 0.05) is 28.7 Å². The fraction of sp³-hybridized carbons (Fsp3) is 0.152. The van der Waals surface area contributed by atoms with Crippen molar-refractivity contribution in [2.45, 2.75) is 33.4 Å². The van der Waals surface area contributed by atoms with E-state index < -0.39 is 17.9 Å². The van der Waals surface area contributed by atoms with Gasteiger partial charge in [0.1, 0.15) is 0 Å². The first-order chi connectivity index (χ1) is 18.8. The molecule has 1 heterocycles. The average Bonchev–Trinajstić information content (AvgIpc) is 3.21. The number of carboxylic acid groups (broad SMARTS) is 1. The van der Waals surface area contributed by atoms with Crippen LogP contribution in [0.3, 0.4) is 0 Å². The Morgan fingerprint density at radius 3 is 2.23 bits per heavy atom. The van der Waals surface area contributed by atoms with Crippen LogP contribution in [0.15, 0.2) is 97.1 Å². The number of aromatic carboxylic acids is 1. The summed E-state index contributed by atoms with van der Waals surface area (Å²) in [5.41, 5.74) is 7.33. The van der Waals surface area contributed by atoms with Crippen molar-refractivity contribution in [1.29, 1.82) is 0 Å². The Morgan fingerprint density at radius 2 is 1.54 bits per heavy atom. The van der Waals surface area contributed by atoms with Gasteiger partial charge >= 0.3 is 5.97 Å². The van der Waals surface area contributed by atoms with Crippen molar-refractivity contribution in [1.82, 2.24) is 9.63 Å². The highest BCUT2D eigenvalue weighted by Gasteiger charge is 2.22. The Hall–Kier alpha value is -4.68. The van der Waals surface area contributed by atoms with Crippen molar-refractivity contribution in [3.8, 4) is 11.1 Å². The van der Waals surface area contributed by atoms with Crippen molar-refractivity contribution in [2.75, 3.05) is 0 Å². The molecule has 1 unspecified atom stereocenters. The van der Waals surface area contributed by atoms with E-state index in [-0.39, 0.29) is 5.56 Å². The maximum absolute atomic E-state index is 13.1. The highest BCUT2D eigenvalue weighted by Crippen LogP contribution is 2.30. The first-order valence-electron chi connectivity index (χ1n) is 12.8. The molecule has 0 spiro atoms. The van der Waals surface area contributed by atoms with Crippen molar-refractivity contribution >= 4 is 22.8 Å². The van der Waals surface area contributed by atoms with Crippen LogP contribution in [0.5, 0.6) is 0 Å². The highest BCUT2D eigenvalue weighted by atomic mass is 16.5. The topological polar surface area (TPSA) is 82.8 Å². The van der Waals surface area contributed by atoms with Crippen LogP contribution in [-0.4, -0.2) is 31.8 Å². The third-order valence-electron chi connectivity index (χ3n) is 7.51. The molecule has 5 rings (SSSR count). The number of carboxylic acids is 1. The van der Waals surface area contributed by atoms with Crippen molar-refractivity contribution in [3.05, 3.63) is 131 Å². The number of hydroxylamine groups is 2. The fourth-order valence-corrected chi connectivity index (χ4v) is 5.06. The van der Waals surface area contributed by atoms with E-state index in [1.807, 2.05) is 85.8 Å².